The predicted molar refractivity (Wildman–Crippen MR) is 95.2 cm³/mol. The lowest BCUT2D eigenvalue weighted by Crippen LogP contribution is -2.52. The number of piperidine rings is 1. The molecule has 25 heavy (non-hydrogen) atoms. The molecule has 2 atom stereocenters. The van der Waals surface area contributed by atoms with E-state index < -0.39 is 0 Å². The highest BCUT2D eigenvalue weighted by atomic mass is 16.5. The van der Waals surface area contributed by atoms with Crippen LogP contribution in [-0.2, 0) is 20.7 Å². The Kier molecular flexibility index (Phi) is 6.99. The fraction of sp³-hybridized carbons (Fsp3) is 0.722. The van der Waals surface area contributed by atoms with E-state index in [1.54, 1.807) is 14.2 Å². The number of likely N-dealkylation sites (tertiary alicyclic amines) is 1. The third-order valence-electron chi connectivity index (χ3n) is 5.16. The number of carbonyl (C=O) groups is 2. The van der Waals surface area contributed by atoms with Crippen LogP contribution in [0.5, 0.6) is 0 Å². The van der Waals surface area contributed by atoms with E-state index in [2.05, 4.69) is 15.5 Å². The molecule has 7 heteroatoms. The third-order valence-corrected chi connectivity index (χ3v) is 5.16. The first-order valence-electron chi connectivity index (χ1n) is 9.01. The smallest absolute Gasteiger partial charge is 0.223 e. The van der Waals surface area contributed by atoms with Crippen molar-refractivity contribution in [2.75, 3.05) is 20.7 Å². The summed E-state index contributed by atoms with van der Waals surface area (Å²) in [5.74, 6) is 0.126. The lowest BCUT2D eigenvalue weighted by Gasteiger charge is -2.41. The Morgan fingerprint density at radius 1 is 1.36 bits per heavy atom. The van der Waals surface area contributed by atoms with Crippen molar-refractivity contribution in [3.63, 3.8) is 0 Å². The van der Waals surface area contributed by atoms with Gasteiger partial charge in [-0.15, -0.1) is 0 Å². The quantitative estimate of drug-likeness (QED) is 0.780. The number of nitrogens with zero attached hydrogens (tertiary/aromatic N) is 2. The Morgan fingerprint density at radius 3 is 2.72 bits per heavy atom. The molecule has 0 unspecified atom stereocenters. The monoisotopic (exact) mass is 350 g/mol. The summed E-state index contributed by atoms with van der Waals surface area (Å²) in [4.78, 5) is 26.4. The van der Waals surface area contributed by atoms with Gasteiger partial charge < -0.3 is 15.0 Å². The number of nitrogens with one attached hydrogen (secondary N) is 2. The Balaban J connectivity index is 2.01. The molecule has 1 saturated heterocycles. The van der Waals surface area contributed by atoms with Gasteiger partial charge >= 0.3 is 0 Å². The normalized spacial score (nSPS) is 20.6. The van der Waals surface area contributed by atoms with E-state index in [9.17, 15) is 9.59 Å². The number of ether oxygens (including phenoxy) is 1. The van der Waals surface area contributed by atoms with Crippen LogP contribution in [0.4, 0.5) is 0 Å². The van der Waals surface area contributed by atoms with Gasteiger partial charge in [0.2, 0.25) is 11.8 Å². The van der Waals surface area contributed by atoms with Crippen LogP contribution < -0.4 is 5.32 Å². The van der Waals surface area contributed by atoms with Crippen molar-refractivity contribution in [3.05, 3.63) is 17.0 Å². The Bertz CT molecular complexity index is 580. The van der Waals surface area contributed by atoms with Crippen LogP contribution >= 0.6 is 0 Å². The Morgan fingerprint density at radius 2 is 2.12 bits per heavy atom. The summed E-state index contributed by atoms with van der Waals surface area (Å²) < 4.78 is 5.60. The summed E-state index contributed by atoms with van der Waals surface area (Å²) >= 11 is 0. The van der Waals surface area contributed by atoms with Crippen LogP contribution in [-0.4, -0.2) is 59.8 Å². The maximum atomic E-state index is 12.8. The molecule has 0 radical (unpaired) electrons. The maximum absolute atomic E-state index is 12.8. The molecule has 7 nitrogen and oxygen atoms in total. The molecule has 0 aromatic carbocycles. The van der Waals surface area contributed by atoms with Crippen molar-refractivity contribution in [3.8, 4) is 0 Å². The van der Waals surface area contributed by atoms with Gasteiger partial charge in [0.15, 0.2) is 0 Å². The number of hydrogen-bond acceptors (Lipinski definition) is 4. The zero-order chi connectivity index (χ0) is 18.4. The number of rotatable bonds is 7. The number of hydrogen-bond donors (Lipinski definition) is 2. The second-order valence-electron chi connectivity index (χ2n) is 6.70. The molecule has 1 aliphatic rings. The SMILES string of the molecule is CNC(=O)CC[C@H]1[C@@H](OC)CCCN1C(=O)CCc1c(C)n[nH]c1C. The summed E-state index contributed by atoms with van der Waals surface area (Å²) in [5, 5.41) is 9.80. The van der Waals surface area contributed by atoms with Crippen LogP contribution in [0.15, 0.2) is 0 Å². The van der Waals surface area contributed by atoms with E-state index in [4.69, 9.17) is 4.74 Å². The molecule has 2 rings (SSSR count). The molecule has 0 saturated carbocycles. The Hall–Kier alpha value is -1.89. The second-order valence-corrected chi connectivity index (χ2v) is 6.70. The molecule has 0 spiro atoms. The van der Waals surface area contributed by atoms with E-state index in [1.807, 2.05) is 18.7 Å². The molecule has 1 aromatic heterocycles. The standard InChI is InChI=1S/C18H30N4O3/c1-12-14(13(2)21-20-12)7-10-18(24)22-11-5-6-16(25-4)15(22)8-9-17(23)19-3/h15-16H,5-11H2,1-4H3,(H,19,23)(H,20,21)/t15-,16-/m0/s1. The molecule has 1 fully saturated rings. The molecule has 2 heterocycles. The van der Waals surface area contributed by atoms with Crippen molar-refractivity contribution in [2.45, 2.75) is 64.5 Å². The van der Waals surface area contributed by atoms with E-state index in [-0.39, 0.29) is 24.0 Å². The first-order chi connectivity index (χ1) is 12.0. The maximum Gasteiger partial charge on any atom is 0.223 e. The zero-order valence-electron chi connectivity index (χ0n) is 15.7. The molecule has 0 aliphatic carbocycles. The first-order valence-corrected chi connectivity index (χ1v) is 9.01. The minimum Gasteiger partial charge on any atom is -0.379 e. The lowest BCUT2D eigenvalue weighted by molar-refractivity contribution is -0.141. The van der Waals surface area contributed by atoms with Gasteiger partial charge in [-0.2, -0.15) is 5.10 Å². The fourth-order valence-electron chi connectivity index (χ4n) is 3.67. The van der Waals surface area contributed by atoms with Crippen molar-refractivity contribution < 1.29 is 14.3 Å². The molecular formula is C18H30N4O3. The number of methoxy groups -OCH3 is 1. The first kappa shape index (κ1) is 19.4. The minimum atomic E-state index is -0.0323. The van der Waals surface area contributed by atoms with E-state index >= 15 is 0 Å². The van der Waals surface area contributed by atoms with Crippen LogP contribution in [0.25, 0.3) is 0 Å². The van der Waals surface area contributed by atoms with Gasteiger partial charge in [0.05, 0.1) is 17.8 Å². The van der Waals surface area contributed by atoms with Crippen LogP contribution in [0.3, 0.4) is 0 Å². The van der Waals surface area contributed by atoms with Crippen LogP contribution in [0.2, 0.25) is 0 Å². The highest BCUT2D eigenvalue weighted by Crippen LogP contribution is 2.25. The molecule has 2 amide bonds. The second kappa shape index (κ2) is 8.99. The lowest BCUT2D eigenvalue weighted by atomic mass is 9.93. The highest BCUT2D eigenvalue weighted by Gasteiger charge is 2.34. The largest absolute Gasteiger partial charge is 0.379 e. The molecular weight excluding hydrogens is 320 g/mol. The predicted octanol–water partition coefficient (Wildman–Crippen LogP) is 1.49. The van der Waals surface area contributed by atoms with Gasteiger partial charge in [-0.3, -0.25) is 14.7 Å². The van der Waals surface area contributed by atoms with Gasteiger partial charge in [0.25, 0.3) is 0 Å². The van der Waals surface area contributed by atoms with Crippen molar-refractivity contribution in [2.24, 2.45) is 0 Å². The van der Waals surface area contributed by atoms with Gasteiger partial charge in [0, 0.05) is 39.2 Å². The summed E-state index contributed by atoms with van der Waals surface area (Å²) in [6.07, 6.45) is 4.04. The van der Waals surface area contributed by atoms with Gasteiger partial charge in [-0.25, -0.2) is 0 Å². The number of aromatic nitrogens is 2. The number of amides is 2. The molecule has 140 valence electrons. The van der Waals surface area contributed by atoms with E-state index in [0.717, 1.165) is 36.3 Å². The Labute approximate surface area is 149 Å². The van der Waals surface area contributed by atoms with Crippen molar-refractivity contribution in [1.82, 2.24) is 20.4 Å². The minimum absolute atomic E-state index is 0.000228. The summed E-state index contributed by atoms with van der Waals surface area (Å²) in [7, 11) is 3.32. The number of aromatic amines is 1. The molecule has 2 N–H and O–H groups in total. The molecule has 1 aromatic rings. The van der Waals surface area contributed by atoms with Crippen LogP contribution in [0, 0.1) is 13.8 Å². The van der Waals surface area contributed by atoms with Crippen molar-refractivity contribution in [1.29, 1.82) is 0 Å². The van der Waals surface area contributed by atoms with Crippen molar-refractivity contribution >= 4 is 11.8 Å². The fourth-order valence-corrected chi connectivity index (χ4v) is 3.67. The topological polar surface area (TPSA) is 87.3 Å². The van der Waals surface area contributed by atoms with Gasteiger partial charge in [-0.05, 0) is 45.1 Å². The molecule has 1 aliphatic heterocycles. The van der Waals surface area contributed by atoms with Gasteiger partial charge in [0.1, 0.15) is 0 Å². The average molecular weight is 350 g/mol. The van der Waals surface area contributed by atoms with Crippen LogP contribution in [0.1, 0.15) is 49.1 Å². The number of aryl methyl sites for hydroxylation is 2. The van der Waals surface area contributed by atoms with E-state index in [1.165, 1.54) is 0 Å². The highest BCUT2D eigenvalue weighted by molar-refractivity contribution is 5.78. The summed E-state index contributed by atoms with van der Waals surface area (Å²) in [6.45, 7) is 4.67. The summed E-state index contributed by atoms with van der Waals surface area (Å²) in [5.41, 5.74) is 3.10. The average Bonchev–Trinajstić information content (AvgIpc) is 2.95. The van der Waals surface area contributed by atoms with Gasteiger partial charge in [-0.1, -0.05) is 0 Å². The third kappa shape index (κ3) is 4.81. The van der Waals surface area contributed by atoms with E-state index in [0.29, 0.717) is 25.7 Å². The number of carbonyl (C=O) groups excluding carboxylic acids is 2. The number of H-pyrrole nitrogens is 1. The zero-order valence-corrected chi connectivity index (χ0v) is 15.7. The molecule has 0 bridgehead atoms. The summed E-state index contributed by atoms with van der Waals surface area (Å²) in [6, 6.07) is -0.0323.